The van der Waals surface area contributed by atoms with Gasteiger partial charge in [0.1, 0.15) is 0 Å². The maximum absolute atomic E-state index is 13.8. The van der Waals surface area contributed by atoms with Crippen molar-refractivity contribution in [3.05, 3.63) is 70.2 Å². The van der Waals surface area contributed by atoms with Crippen molar-refractivity contribution in [2.24, 2.45) is 0 Å². The molecule has 0 spiro atoms. The fourth-order valence-electron chi connectivity index (χ4n) is 5.56. The van der Waals surface area contributed by atoms with Gasteiger partial charge < -0.3 is 9.64 Å². The summed E-state index contributed by atoms with van der Waals surface area (Å²) in [5.41, 5.74) is 1.76. The highest BCUT2D eigenvalue weighted by atomic mass is 35.5. The second-order valence-electron chi connectivity index (χ2n) is 9.65. The van der Waals surface area contributed by atoms with E-state index in [1.165, 1.54) is 16.0 Å². The number of methoxy groups -OCH3 is 1. The van der Waals surface area contributed by atoms with E-state index in [1.807, 2.05) is 17.0 Å². The molecule has 2 aromatic carbocycles. The molecule has 186 valence electrons. The zero-order chi connectivity index (χ0) is 25.0. The molecule has 0 aliphatic carbocycles. The minimum Gasteiger partial charge on any atom is -0.385 e. The Morgan fingerprint density at radius 2 is 1.89 bits per heavy atom. The summed E-state index contributed by atoms with van der Waals surface area (Å²) < 4.78 is 5.10. The average Bonchev–Trinajstić information content (AvgIpc) is 3.09. The number of rotatable bonds is 8. The number of hydrogen-bond donors (Lipinski definition) is 0. The number of ether oxygens (including phenoxy) is 1. The summed E-state index contributed by atoms with van der Waals surface area (Å²) in [6.45, 7) is 4.08. The largest absolute Gasteiger partial charge is 0.385 e. The van der Waals surface area contributed by atoms with Crippen LogP contribution in [0.2, 0.25) is 5.02 Å². The Morgan fingerprint density at radius 1 is 1.14 bits per heavy atom. The van der Waals surface area contributed by atoms with E-state index < -0.39 is 5.41 Å². The van der Waals surface area contributed by atoms with E-state index in [4.69, 9.17) is 16.3 Å². The van der Waals surface area contributed by atoms with Crippen LogP contribution in [-0.4, -0.2) is 60.9 Å². The van der Waals surface area contributed by atoms with Crippen molar-refractivity contribution in [1.82, 2.24) is 9.80 Å². The minimum atomic E-state index is -1.28. The van der Waals surface area contributed by atoms with E-state index >= 15 is 0 Å². The number of hydrogen-bond acceptors (Lipinski definition) is 4. The standard InChI is InChI=1S/C28H33ClN2O4/c1-20-9-3-4-11-22(20)21-10-7-14-30(19-21)25(32)17-28(23-12-5-6-13-24(23)29)18-26(33)31(27(28)34)15-8-16-35-2/h3-6,9,11-13,21H,7-8,10,14-19H2,1-2H3/t21-,28+/m0/s1. The first-order valence-electron chi connectivity index (χ1n) is 12.3. The highest BCUT2D eigenvalue weighted by Gasteiger charge is 2.54. The van der Waals surface area contributed by atoms with E-state index in [0.29, 0.717) is 36.7 Å². The molecular formula is C28H33ClN2O4. The third kappa shape index (κ3) is 5.14. The molecule has 0 radical (unpaired) electrons. The van der Waals surface area contributed by atoms with E-state index in [9.17, 15) is 14.4 Å². The van der Waals surface area contributed by atoms with Crippen LogP contribution in [0.25, 0.3) is 0 Å². The van der Waals surface area contributed by atoms with Crippen molar-refractivity contribution in [2.45, 2.75) is 50.4 Å². The number of halogens is 1. The molecule has 0 saturated carbocycles. The lowest BCUT2D eigenvalue weighted by Crippen LogP contribution is -2.46. The van der Waals surface area contributed by atoms with Crippen LogP contribution in [-0.2, 0) is 24.5 Å². The van der Waals surface area contributed by atoms with Crippen LogP contribution in [0.15, 0.2) is 48.5 Å². The molecule has 2 atom stereocenters. The molecule has 2 saturated heterocycles. The van der Waals surface area contributed by atoms with Crippen LogP contribution in [0, 0.1) is 6.92 Å². The third-order valence-electron chi connectivity index (χ3n) is 7.38. The Balaban J connectivity index is 1.60. The van der Waals surface area contributed by atoms with Gasteiger partial charge in [-0.1, -0.05) is 54.1 Å². The number of carbonyl (C=O) groups is 3. The summed E-state index contributed by atoms with van der Waals surface area (Å²) in [6, 6.07) is 15.4. The number of nitrogens with zero attached hydrogens (tertiary/aromatic N) is 2. The lowest BCUT2D eigenvalue weighted by molar-refractivity contribution is -0.143. The van der Waals surface area contributed by atoms with Crippen molar-refractivity contribution < 1.29 is 19.1 Å². The van der Waals surface area contributed by atoms with Crippen LogP contribution in [0.3, 0.4) is 0 Å². The van der Waals surface area contributed by atoms with Crippen LogP contribution in [0.1, 0.15) is 54.7 Å². The average molecular weight is 497 g/mol. The molecule has 6 nitrogen and oxygen atoms in total. The van der Waals surface area contributed by atoms with Gasteiger partial charge in [0.15, 0.2) is 0 Å². The summed E-state index contributed by atoms with van der Waals surface area (Å²) in [4.78, 5) is 43.6. The molecule has 3 amide bonds. The van der Waals surface area contributed by atoms with Gasteiger partial charge in [-0.2, -0.15) is 0 Å². The molecule has 7 heteroatoms. The van der Waals surface area contributed by atoms with Crippen molar-refractivity contribution in [2.75, 3.05) is 33.4 Å². The first-order chi connectivity index (χ1) is 16.9. The van der Waals surface area contributed by atoms with Gasteiger partial charge >= 0.3 is 0 Å². The molecule has 4 rings (SSSR count). The van der Waals surface area contributed by atoms with Gasteiger partial charge in [-0.15, -0.1) is 0 Å². The topological polar surface area (TPSA) is 66.9 Å². The molecule has 0 unspecified atom stereocenters. The second kappa shape index (κ2) is 10.9. The number of piperidine rings is 1. The highest BCUT2D eigenvalue weighted by molar-refractivity contribution is 6.32. The SMILES string of the molecule is COCCCN1C(=O)C[C@](CC(=O)N2CCC[C@H](c3ccccc3C)C2)(c2ccccc2Cl)C1=O. The Labute approximate surface area is 212 Å². The van der Waals surface area contributed by atoms with Crippen LogP contribution >= 0.6 is 11.6 Å². The molecule has 2 heterocycles. The number of likely N-dealkylation sites (tertiary alicyclic amines) is 2. The van der Waals surface area contributed by atoms with Crippen LogP contribution < -0.4 is 0 Å². The number of benzene rings is 2. The fourth-order valence-corrected chi connectivity index (χ4v) is 5.88. The van der Waals surface area contributed by atoms with Gasteiger partial charge in [0.25, 0.3) is 0 Å². The molecule has 0 N–H and O–H groups in total. The van der Waals surface area contributed by atoms with Crippen molar-refractivity contribution in [1.29, 1.82) is 0 Å². The third-order valence-corrected chi connectivity index (χ3v) is 7.71. The number of aryl methyl sites for hydroxylation is 1. The maximum atomic E-state index is 13.8. The molecule has 0 aromatic heterocycles. The zero-order valence-electron chi connectivity index (χ0n) is 20.5. The van der Waals surface area contributed by atoms with Crippen molar-refractivity contribution in [3.63, 3.8) is 0 Å². The van der Waals surface area contributed by atoms with E-state index in [-0.39, 0.29) is 43.0 Å². The summed E-state index contributed by atoms with van der Waals surface area (Å²) in [5, 5.41) is 0.400. The van der Waals surface area contributed by atoms with Crippen molar-refractivity contribution >= 4 is 29.3 Å². The van der Waals surface area contributed by atoms with Crippen LogP contribution in [0.5, 0.6) is 0 Å². The predicted molar refractivity (Wildman–Crippen MR) is 135 cm³/mol. The molecule has 2 fully saturated rings. The molecule has 35 heavy (non-hydrogen) atoms. The Bertz CT molecular complexity index is 1100. The van der Waals surface area contributed by atoms with Gasteiger partial charge in [0, 0.05) is 57.1 Å². The van der Waals surface area contributed by atoms with Gasteiger partial charge in [0.05, 0.1) is 5.41 Å². The first-order valence-corrected chi connectivity index (χ1v) is 12.7. The molecule has 2 aliphatic heterocycles. The number of carbonyl (C=O) groups excluding carboxylic acids is 3. The van der Waals surface area contributed by atoms with Gasteiger partial charge in [-0.25, -0.2) is 0 Å². The fraction of sp³-hybridized carbons (Fsp3) is 0.464. The van der Waals surface area contributed by atoms with E-state index in [0.717, 1.165) is 12.8 Å². The normalized spacial score (nSPS) is 22.7. The quantitative estimate of drug-likeness (QED) is 0.399. The molecule has 0 bridgehead atoms. The number of amides is 3. The Kier molecular flexibility index (Phi) is 7.92. The van der Waals surface area contributed by atoms with Gasteiger partial charge in [-0.3, -0.25) is 19.3 Å². The lowest BCUT2D eigenvalue weighted by atomic mass is 9.75. The van der Waals surface area contributed by atoms with Crippen LogP contribution in [0.4, 0.5) is 0 Å². The summed E-state index contributed by atoms with van der Waals surface area (Å²) in [6.07, 6.45) is 2.35. The first kappa shape index (κ1) is 25.4. The minimum absolute atomic E-state index is 0.0522. The van der Waals surface area contributed by atoms with E-state index in [2.05, 4.69) is 19.1 Å². The smallest absolute Gasteiger partial charge is 0.240 e. The summed E-state index contributed by atoms with van der Waals surface area (Å²) in [7, 11) is 1.59. The second-order valence-corrected chi connectivity index (χ2v) is 10.1. The van der Waals surface area contributed by atoms with Crippen molar-refractivity contribution in [3.8, 4) is 0 Å². The molecule has 2 aromatic rings. The van der Waals surface area contributed by atoms with Gasteiger partial charge in [0.2, 0.25) is 17.7 Å². The maximum Gasteiger partial charge on any atom is 0.240 e. The predicted octanol–water partition coefficient (Wildman–Crippen LogP) is 4.48. The number of imide groups is 1. The zero-order valence-corrected chi connectivity index (χ0v) is 21.2. The van der Waals surface area contributed by atoms with Gasteiger partial charge in [-0.05, 0) is 48.9 Å². The lowest BCUT2D eigenvalue weighted by Gasteiger charge is -2.36. The Hall–Kier alpha value is -2.70. The monoisotopic (exact) mass is 496 g/mol. The summed E-state index contributed by atoms with van der Waals surface area (Å²) >= 11 is 6.54. The Morgan fingerprint density at radius 3 is 2.63 bits per heavy atom. The summed E-state index contributed by atoms with van der Waals surface area (Å²) in [5.74, 6) is -0.456. The molecular weight excluding hydrogens is 464 g/mol. The molecule has 2 aliphatic rings. The van der Waals surface area contributed by atoms with E-state index in [1.54, 1.807) is 31.4 Å². The highest BCUT2D eigenvalue weighted by Crippen LogP contribution is 2.43.